The number of hydrogen-bond acceptors (Lipinski definition) is 11. The highest BCUT2D eigenvalue weighted by molar-refractivity contribution is 5.98. The molecule has 0 bridgehead atoms. The van der Waals surface area contributed by atoms with Gasteiger partial charge in [-0.1, -0.05) is 73.1 Å². The molecule has 2 aromatic rings. The zero-order valence-corrected chi connectivity index (χ0v) is 38.3. The minimum absolute atomic E-state index is 0.00249. The lowest BCUT2D eigenvalue weighted by Crippen LogP contribution is -2.60. The fraction of sp³-hybridized carbons (Fsp3) is 0.652. The van der Waals surface area contributed by atoms with Crippen molar-refractivity contribution in [3.8, 4) is 0 Å². The zero-order chi connectivity index (χ0) is 45.7. The molecule has 16 heteroatoms. The molecule has 9 atom stereocenters. The fourth-order valence-electron chi connectivity index (χ4n) is 8.71. The Labute approximate surface area is 367 Å². The van der Waals surface area contributed by atoms with Gasteiger partial charge in [-0.3, -0.25) is 33.8 Å². The molecule has 1 aromatic heterocycles. The molecule has 4 N–H and O–H groups in total. The van der Waals surface area contributed by atoms with Crippen LogP contribution in [0.15, 0.2) is 48.8 Å². The number of benzene rings is 1. The summed E-state index contributed by atoms with van der Waals surface area (Å²) in [4.78, 5) is 81.8. The minimum atomic E-state index is -1.23. The van der Waals surface area contributed by atoms with Crippen molar-refractivity contribution in [3.63, 3.8) is 0 Å². The molecule has 0 radical (unpaired) electrons. The van der Waals surface area contributed by atoms with Gasteiger partial charge >= 0.3 is 0 Å². The average Bonchev–Trinajstić information content (AvgIpc) is 3.84. The van der Waals surface area contributed by atoms with Gasteiger partial charge in [-0.05, 0) is 60.8 Å². The van der Waals surface area contributed by atoms with Gasteiger partial charge in [-0.2, -0.15) is 5.06 Å². The maximum Gasteiger partial charge on any atom is 0.280 e. The number of methoxy groups -OCH3 is 2. The number of carbonyl (C=O) groups excluding carboxylic acids is 5. The van der Waals surface area contributed by atoms with Crippen molar-refractivity contribution in [2.24, 2.45) is 23.7 Å². The van der Waals surface area contributed by atoms with Crippen LogP contribution < -0.4 is 16.0 Å². The van der Waals surface area contributed by atoms with Crippen LogP contribution in [0.1, 0.15) is 102 Å². The van der Waals surface area contributed by atoms with Crippen LogP contribution in [-0.4, -0.2) is 138 Å². The summed E-state index contributed by atoms with van der Waals surface area (Å²) in [6.45, 7) is 14.6. The highest BCUT2D eigenvalue weighted by atomic mass is 16.7. The molecule has 0 aliphatic carbocycles. The van der Waals surface area contributed by atoms with Crippen LogP contribution in [0.2, 0.25) is 0 Å². The van der Waals surface area contributed by atoms with E-state index in [0.717, 1.165) is 17.0 Å². The van der Waals surface area contributed by atoms with Crippen molar-refractivity contribution in [3.05, 3.63) is 65.5 Å². The van der Waals surface area contributed by atoms with E-state index >= 15 is 0 Å². The second-order valence-electron chi connectivity index (χ2n) is 17.3. The molecule has 4 rings (SSSR count). The van der Waals surface area contributed by atoms with Crippen LogP contribution in [-0.2, 0) is 39.9 Å². The second-order valence-corrected chi connectivity index (χ2v) is 17.3. The summed E-state index contributed by atoms with van der Waals surface area (Å²) in [7, 11) is 4.83. The number of aromatic nitrogens is 1. The first-order valence-corrected chi connectivity index (χ1v) is 22.1. The first-order valence-electron chi connectivity index (χ1n) is 22.1. The molecule has 1 fully saturated rings. The van der Waals surface area contributed by atoms with Crippen LogP contribution in [0.4, 0.5) is 0 Å². The van der Waals surface area contributed by atoms with E-state index in [-0.39, 0.29) is 67.0 Å². The summed E-state index contributed by atoms with van der Waals surface area (Å²) in [6, 6.07) is 8.19. The maximum atomic E-state index is 14.5. The quantitative estimate of drug-likeness (QED) is 0.113. The molecule has 16 nitrogen and oxygen atoms in total. The van der Waals surface area contributed by atoms with Crippen molar-refractivity contribution in [1.29, 1.82) is 0 Å². The molecule has 0 spiro atoms. The van der Waals surface area contributed by atoms with Gasteiger partial charge in [-0.15, -0.1) is 0 Å². The number of rotatable bonds is 24. The van der Waals surface area contributed by atoms with E-state index in [1.165, 1.54) is 0 Å². The van der Waals surface area contributed by atoms with E-state index in [9.17, 15) is 29.1 Å². The predicted molar refractivity (Wildman–Crippen MR) is 234 cm³/mol. The van der Waals surface area contributed by atoms with E-state index < -0.39 is 48.4 Å². The molecular weight excluding hydrogens is 795 g/mol. The number of carbonyl (C=O) groups is 5. The third-order valence-corrected chi connectivity index (χ3v) is 12.5. The fourth-order valence-corrected chi connectivity index (χ4v) is 8.71. The summed E-state index contributed by atoms with van der Waals surface area (Å²) in [5.41, 5.74) is 1.91. The predicted octanol–water partition coefficient (Wildman–Crippen LogP) is 3.49. The van der Waals surface area contributed by atoms with E-state index in [1.807, 2.05) is 65.5 Å². The number of ether oxygens (including phenoxy) is 2. The van der Waals surface area contributed by atoms with Gasteiger partial charge in [0.2, 0.25) is 23.6 Å². The number of likely N-dealkylation sites (tertiary alicyclic amines) is 1. The summed E-state index contributed by atoms with van der Waals surface area (Å²) >= 11 is 0. The molecule has 62 heavy (non-hydrogen) atoms. The van der Waals surface area contributed by atoms with Gasteiger partial charge in [-0.25, -0.2) is 0 Å². The van der Waals surface area contributed by atoms with Crippen LogP contribution in [0.3, 0.4) is 0 Å². The van der Waals surface area contributed by atoms with Crippen LogP contribution in [0.5, 0.6) is 0 Å². The monoisotopic (exact) mass is 866 g/mol. The number of hydrogen-bond donors (Lipinski definition) is 4. The Hall–Kier alpha value is -4.48. The third-order valence-electron chi connectivity index (χ3n) is 12.5. The minimum Gasteiger partial charge on any atom is -0.379 e. The summed E-state index contributed by atoms with van der Waals surface area (Å²) in [5.74, 6) is -2.42. The SMILES string of the molecule is CC[C@H](C)[C@@H]([C@@H](CC(=O)N1CCC[C@H]1[C@H](OC)[C@@H](C)C(=O)NCCc1ccncc1)OC)N(C)C(=O)[C@@H](NC(=O)[C@@H](NCCON1C(=O)c2ccccc2C1O)C(C)C)C(C)C. The van der Waals surface area contributed by atoms with E-state index in [1.54, 1.807) is 62.8 Å². The van der Waals surface area contributed by atoms with Gasteiger partial charge in [0.15, 0.2) is 6.23 Å². The van der Waals surface area contributed by atoms with E-state index in [2.05, 4.69) is 20.9 Å². The maximum absolute atomic E-state index is 14.5. The molecular formula is C46H71N7O9. The molecule has 1 saturated heterocycles. The largest absolute Gasteiger partial charge is 0.379 e. The number of fused-ring (bicyclic) bond motifs is 1. The molecule has 1 aromatic carbocycles. The van der Waals surface area contributed by atoms with Gasteiger partial charge in [0, 0.05) is 64.4 Å². The lowest BCUT2D eigenvalue weighted by molar-refractivity contribution is -0.197. The Kier molecular flexibility index (Phi) is 19.3. The van der Waals surface area contributed by atoms with E-state index in [0.29, 0.717) is 43.5 Å². The molecule has 3 heterocycles. The average molecular weight is 866 g/mol. The highest BCUT2D eigenvalue weighted by Gasteiger charge is 2.43. The van der Waals surface area contributed by atoms with Gasteiger partial charge in [0.05, 0.1) is 49.3 Å². The highest BCUT2D eigenvalue weighted by Crippen LogP contribution is 2.32. The number of likely N-dealkylation sites (N-methyl/N-ethyl adjacent to an activating group) is 1. The van der Waals surface area contributed by atoms with Gasteiger partial charge in [0.1, 0.15) is 6.04 Å². The number of amides is 5. The van der Waals surface area contributed by atoms with Gasteiger partial charge in [0.25, 0.3) is 5.91 Å². The molecule has 0 saturated carbocycles. The number of aliphatic hydroxyl groups is 1. The van der Waals surface area contributed by atoms with Gasteiger partial charge < -0.3 is 40.3 Å². The first kappa shape index (κ1) is 50.2. The van der Waals surface area contributed by atoms with Crippen molar-refractivity contribution < 1.29 is 43.4 Å². The summed E-state index contributed by atoms with van der Waals surface area (Å²) < 4.78 is 12.0. The number of nitrogens with zero attached hydrogens (tertiary/aromatic N) is 4. The van der Waals surface area contributed by atoms with Crippen molar-refractivity contribution >= 4 is 29.5 Å². The molecule has 1 unspecified atom stereocenters. The van der Waals surface area contributed by atoms with Crippen LogP contribution in [0, 0.1) is 23.7 Å². The number of aliphatic hydroxyl groups excluding tert-OH is 1. The molecule has 2 aliphatic rings. The lowest BCUT2D eigenvalue weighted by atomic mass is 9.89. The van der Waals surface area contributed by atoms with Crippen molar-refractivity contribution in [1.82, 2.24) is 35.8 Å². The summed E-state index contributed by atoms with van der Waals surface area (Å²) in [6.07, 6.45) is 3.87. The molecule has 5 amide bonds. The third kappa shape index (κ3) is 12.4. The van der Waals surface area contributed by atoms with Crippen molar-refractivity contribution in [2.45, 2.75) is 123 Å². The van der Waals surface area contributed by atoms with Crippen LogP contribution >= 0.6 is 0 Å². The Balaban J connectivity index is 1.39. The Morgan fingerprint density at radius 3 is 2.23 bits per heavy atom. The molecule has 2 aliphatic heterocycles. The number of hydroxylamine groups is 2. The normalized spacial score (nSPS) is 19.7. The Morgan fingerprint density at radius 2 is 1.61 bits per heavy atom. The van der Waals surface area contributed by atoms with Crippen LogP contribution in [0.25, 0.3) is 0 Å². The second kappa shape index (κ2) is 23.8. The smallest absolute Gasteiger partial charge is 0.280 e. The topological polar surface area (TPSA) is 192 Å². The summed E-state index contributed by atoms with van der Waals surface area (Å²) in [5, 5.41) is 20.8. The standard InChI is InChI=1S/C46H71N7O9/c1-11-30(6)40(36(60-9)27-37(54)52-25-14-17-35(52)41(61-10)31(7)42(55)49-23-20-32-18-21-47-22-19-32)51(8)46(59)39(29(4)5)50-43(56)38(28(2)3)48-24-26-62-53-44(57)33-15-12-13-16-34(33)45(53)58/h12-13,15-16,18-19,21-22,28-31,35-36,38-41,44,48,57H,11,14,17,20,23-27H2,1-10H3,(H,49,55)(H,50,56)/t30-,31+,35-,36+,38-,39-,40-,41+,44?/m0/s1. The first-order chi connectivity index (χ1) is 29.6. The number of pyridine rings is 1. The van der Waals surface area contributed by atoms with E-state index in [4.69, 9.17) is 14.3 Å². The Bertz CT molecular complexity index is 1780. The zero-order valence-electron chi connectivity index (χ0n) is 38.3. The van der Waals surface area contributed by atoms with Crippen molar-refractivity contribution in [2.75, 3.05) is 47.5 Å². The molecule has 344 valence electrons. The Morgan fingerprint density at radius 1 is 0.935 bits per heavy atom. The number of nitrogens with one attached hydrogen (secondary N) is 3. The lowest BCUT2D eigenvalue weighted by Gasteiger charge is -2.41.